The van der Waals surface area contributed by atoms with Crippen LogP contribution in [0.25, 0.3) is 0 Å². The summed E-state index contributed by atoms with van der Waals surface area (Å²) in [5.74, 6) is 6.14. The highest BCUT2D eigenvalue weighted by Gasteiger charge is 2.22. The normalized spacial score (nSPS) is 11.6. The number of rotatable bonds is 11. The molecule has 0 fully saturated rings. The van der Waals surface area contributed by atoms with E-state index in [0.29, 0.717) is 41.5 Å². The van der Waals surface area contributed by atoms with E-state index in [9.17, 15) is 4.79 Å². The van der Waals surface area contributed by atoms with Gasteiger partial charge in [-0.3, -0.25) is 15.6 Å². The van der Waals surface area contributed by atoms with Crippen LogP contribution in [0.1, 0.15) is 24.1 Å². The fraction of sp³-hybridized carbons (Fsp3) is 0.333. The van der Waals surface area contributed by atoms with Gasteiger partial charge >= 0.3 is 0 Å². The summed E-state index contributed by atoms with van der Waals surface area (Å²) in [4.78, 5) is 14.5. The predicted octanol–water partition coefficient (Wildman–Crippen LogP) is 1.45. The Balaban J connectivity index is 2.28. The highest BCUT2D eigenvalue weighted by molar-refractivity contribution is 5.95. The van der Waals surface area contributed by atoms with Crippen LogP contribution < -0.4 is 31.8 Å². The van der Waals surface area contributed by atoms with Crippen molar-refractivity contribution in [1.29, 1.82) is 5.41 Å². The van der Waals surface area contributed by atoms with Gasteiger partial charge in [-0.1, -0.05) is 6.07 Å². The summed E-state index contributed by atoms with van der Waals surface area (Å²) >= 11 is 0. The number of hydrogen-bond acceptors (Lipinski definition) is 7. The van der Waals surface area contributed by atoms with Crippen molar-refractivity contribution in [2.45, 2.75) is 13.0 Å². The van der Waals surface area contributed by atoms with Gasteiger partial charge in [0.2, 0.25) is 0 Å². The third-order valence-electron chi connectivity index (χ3n) is 4.31. The number of anilines is 1. The van der Waals surface area contributed by atoms with Crippen LogP contribution in [-0.2, 0) is 4.79 Å². The summed E-state index contributed by atoms with van der Waals surface area (Å²) in [6, 6.07) is 11.5. The maximum atomic E-state index is 12.5. The lowest BCUT2D eigenvalue weighted by molar-refractivity contribution is -0.122. The van der Waals surface area contributed by atoms with E-state index in [0.717, 1.165) is 6.54 Å². The first kappa shape index (κ1) is 23.0. The van der Waals surface area contributed by atoms with Crippen LogP contribution >= 0.6 is 0 Å². The number of likely N-dealkylation sites (N-methyl/N-ethyl adjacent to an activating group) is 1. The van der Waals surface area contributed by atoms with Crippen LogP contribution in [-0.4, -0.2) is 50.5 Å². The molecule has 1 amide bonds. The Morgan fingerprint density at radius 1 is 1.13 bits per heavy atom. The Bertz CT molecular complexity index is 854. The molecule has 0 saturated heterocycles. The molecule has 162 valence electrons. The molecule has 2 rings (SSSR count). The molecule has 0 saturated carbocycles. The van der Waals surface area contributed by atoms with Gasteiger partial charge in [-0.05, 0) is 63.0 Å². The Morgan fingerprint density at radius 3 is 2.40 bits per heavy atom. The van der Waals surface area contributed by atoms with Crippen molar-refractivity contribution in [3.63, 3.8) is 0 Å². The van der Waals surface area contributed by atoms with Crippen LogP contribution in [0.2, 0.25) is 0 Å². The van der Waals surface area contributed by atoms with Gasteiger partial charge in [-0.25, -0.2) is 5.84 Å². The van der Waals surface area contributed by atoms with Crippen molar-refractivity contribution in [3.8, 4) is 11.5 Å². The molecule has 9 nitrogen and oxygen atoms in total. The smallest absolute Gasteiger partial charge is 0.261 e. The topological polar surface area (TPSA) is 139 Å². The van der Waals surface area contributed by atoms with Crippen LogP contribution in [0.15, 0.2) is 42.5 Å². The van der Waals surface area contributed by atoms with E-state index >= 15 is 0 Å². The van der Waals surface area contributed by atoms with Gasteiger partial charge in [-0.2, -0.15) is 0 Å². The Hall–Kier alpha value is -3.30. The minimum atomic E-state index is -0.756. The van der Waals surface area contributed by atoms with Crippen LogP contribution in [0.5, 0.6) is 11.5 Å². The van der Waals surface area contributed by atoms with Crippen LogP contribution in [0.3, 0.4) is 0 Å². The second-order valence-electron chi connectivity index (χ2n) is 6.87. The molecule has 0 spiro atoms. The highest BCUT2D eigenvalue weighted by Crippen LogP contribution is 2.32. The Morgan fingerprint density at radius 2 is 1.83 bits per heavy atom. The molecule has 0 aliphatic rings. The van der Waals surface area contributed by atoms with Gasteiger partial charge in [0, 0.05) is 17.8 Å². The number of amidine groups is 1. The molecule has 2 aromatic rings. The summed E-state index contributed by atoms with van der Waals surface area (Å²) in [5.41, 5.74) is 9.62. The van der Waals surface area contributed by atoms with E-state index in [4.69, 9.17) is 26.5 Å². The van der Waals surface area contributed by atoms with Gasteiger partial charge in [0.05, 0.1) is 6.61 Å². The van der Waals surface area contributed by atoms with Crippen molar-refractivity contribution >= 4 is 17.4 Å². The summed E-state index contributed by atoms with van der Waals surface area (Å²) in [7, 11) is 3.95. The summed E-state index contributed by atoms with van der Waals surface area (Å²) in [6.45, 7) is 3.62. The Labute approximate surface area is 176 Å². The minimum Gasteiger partial charge on any atom is -0.490 e. The summed E-state index contributed by atoms with van der Waals surface area (Å²) in [5, 5.41) is 10.6. The molecule has 0 aliphatic heterocycles. The molecule has 7 N–H and O–H groups in total. The standard InChI is InChI=1S/C21H30N6O3/c1-4-29-18-13-15(7-10-17(18)30-12-11-27(2)3)19(21(28)26-24)25-16-8-5-14(6-9-16)20(22)23/h5-10,13,19,25H,4,11-12,24H2,1-3H3,(H3,22,23)(H,26,28). The van der Waals surface area contributed by atoms with E-state index in [-0.39, 0.29) is 5.84 Å². The maximum Gasteiger partial charge on any atom is 0.261 e. The molecular formula is C21H30N6O3. The largest absolute Gasteiger partial charge is 0.490 e. The number of nitrogens with two attached hydrogens (primary N) is 2. The molecule has 30 heavy (non-hydrogen) atoms. The minimum absolute atomic E-state index is 0.0241. The molecule has 2 aromatic carbocycles. The first-order chi connectivity index (χ1) is 14.3. The number of hydrogen-bond donors (Lipinski definition) is 5. The molecule has 1 unspecified atom stereocenters. The van der Waals surface area contributed by atoms with E-state index in [1.165, 1.54) is 0 Å². The van der Waals surface area contributed by atoms with Gasteiger partial charge in [-0.15, -0.1) is 0 Å². The van der Waals surface area contributed by atoms with Crippen molar-refractivity contribution in [2.24, 2.45) is 11.6 Å². The zero-order chi connectivity index (χ0) is 22.1. The number of amides is 1. The predicted molar refractivity (Wildman–Crippen MR) is 118 cm³/mol. The lowest BCUT2D eigenvalue weighted by atomic mass is 10.0. The van der Waals surface area contributed by atoms with Crippen LogP contribution in [0, 0.1) is 5.41 Å². The van der Waals surface area contributed by atoms with Gasteiger partial charge in [0.15, 0.2) is 11.5 Å². The van der Waals surface area contributed by atoms with Crippen LogP contribution in [0.4, 0.5) is 5.69 Å². The van der Waals surface area contributed by atoms with E-state index in [2.05, 4.69) is 10.7 Å². The lowest BCUT2D eigenvalue weighted by Crippen LogP contribution is -2.37. The first-order valence-electron chi connectivity index (χ1n) is 9.61. The second kappa shape index (κ2) is 11.0. The average Bonchev–Trinajstić information content (AvgIpc) is 2.72. The van der Waals surface area contributed by atoms with Crippen molar-refractivity contribution in [3.05, 3.63) is 53.6 Å². The van der Waals surface area contributed by atoms with Crippen molar-refractivity contribution in [1.82, 2.24) is 10.3 Å². The molecule has 9 heteroatoms. The van der Waals surface area contributed by atoms with E-state index in [1.54, 1.807) is 42.5 Å². The molecule has 0 heterocycles. The Kier molecular flexibility index (Phi) is 8.45. The van der Waals surface area contributed by atoms with Gasteiger partial charge in [0.25, 0.3) is 5.91 Å². The number of carbonyl (C=O) groups excluding carboxylic acids is 1. The van der Waals surface area contributed by atoms with Crippen molar-refractivity contribution < 1.29 is 14.3 Å². The fourth-order valence-electron chi connectivity index (χ4n) is 2.73. The summed E-state index contributed by atoms with van der Waals surface area (Å²) < 4.78 is 11.6. The number of nitrogen functional groups attached to an aromatic ring is 1. The first-order valence-corrected chi connectivity index (χ1v) is 9.61. The fourth-order valence-corrected chi connectivity index (χ4v) is 2.73. The second-order valence-corrected chi connectivity index (χ2v) is 6.87. The number of carbonyl (C=O) groups is 1. The van der Waals surface area contributed by atoms with E-state index < -0.39 is 11.9 Å². The molecular weight excluding hydrogens is 384 g/mol. The number of ether oxygens (including phenoxy) is 2. The van der Waals surface area contributed by atoms with Crippen molar-refractivity contribution in [2.75, 3.05) is 39.2 Å². The number of nitrogens with zero attached hydrogens (tertiary/aromatic N) is 1. The quantitative estimate of drug-likeness (QED) is 0.123. The lowest BCUT2D eigenvalue weighted by Gasteiger charge is -2.21. The molecule has 1 atom stereocenters. The van der Waals surface area contributed by atoms with Gasteiger partial charge in [0.1, 0.15) is 18.5 Å². The molecule has 0 bridgehead atoms. The third kappa shape index (κ3) is 6.36. The average molecular weight is 415 g/mol. The zero-order valence-corrected chi connectivity index (χ0v) is 17.6. The zero-order valence-electron chi connectivity index (χ0n) is 17.6. The third-order valence-corrected chi connectivity index (χ3v) is 4.31. The van der Waals surface area contributed by atoms with Gasteiger partial charge < -0.3 is 25.4 Å². The molecule has 0 aliphatic carbocycles. The number of hydrazine groups is 1. The van der Waals surface area contributed by atoms with E-state index in [1.807, 2.05) is 25.9 Å². The number of benzene rings is 2. The SMILES string of the molecule is CCOc1cc(C(Nc2ccc(C(=N)N)cc2)C(=O)NN)ccc1OCCN(C)C. The number of nitrogens with one attached hydrogen (secondary N) is 3. The monoisotopic (exact) mass is 414 g/mol. The maximum absolute atomic E-state index is 12.5. The molecule has 0 radical (unpaired) electrons. The summed E-state index contributed by atoms with van der Waals surface area (Å²) in [6.07, 6.45) is 0. The highest BCUT2D eigenvalue weighted by atomic mass is 16.5. The molecule has 0 aromatic heterocycles.